The monoisotopic (exact) mass is 373 g/mol. The number of carbonyl (C=O) groups is 1. The van der Waals surface area contributed by atoms with Gasteiger partial charge in [-0.05, 0) is 50.3 Å². The number of anilines is 1. The van der Waals surface area contributed by atoms with Crippen LogP contribution in [0.1, 0.15) is 47.8 Å². The number of aryl methyl sites for hydroxylation is 1. The van der Waals surface area contributed by atoms with Gasteiger partial charge >= 0.3 is 0 Å². The molecule has 6 nitrogen and oxygen atoms in total. The van der Waals surface area contributed by atoms with Crippen LogP contribution >= 0.6 is 11.8 Å². The van der Waals surface area contributed by atoms with E-state index in [9.17, 15) is 4.79 Å². The maximum absolute atomic E-state index is 12.0. The highest BCUT2D eigenvalue weighted by Crippen LogP contribution is 2.44. The summed E-state index contributed by atoms with van der Waals surface area (Å²) in [6.45, 7) is 1.98. The minimum Gasteiger partial charge on any atom is -0.493 e. The molecule has 0 unspecified atom stereocenters. The van der Waals surface area contributed by atoms with E-state index in [-0.39, 0.29) is 17.3 Å². The van der Waals surface area contributed by atoms with Gasteiger partial charge in [0.05, 0.1) is 24.2 Å². The summed E-state index contributed by atoms with van der Waals surface area (Å²) >= 11 is 1.60. The number of nitrogens with zero attached hydrogens (tertiary/aromatic N) is 1. The molecule has 7 heteroatoms. The molecular weight excluding hydrogens is 350 g/mol. The van der Waals surface area contributed by atoms with Gasteiger partial charge in [-0.25, -0.2) is 0 Å². The summed E-state index contributed by atoms with van der Waals surface area (Å²) < 4.78 is 11.7. The minimum atomic E-state index is -0.0293. The third kappa shape index (κ3) is 3.28. The van der Waals surface area contributed by atoms with Gasteiger partial charge in [-0.2, -0.15) is 5.10 Å². The molecule has 0 radical (unpaired) electrons. The average molecular weight is 373 g/mol. The molecule has 2 N–H and O–H groups in total. The van der Waals surface area contributed by atoms with E-state index >= 15 is 0 Å². The summed E-state index contributed by atoms with van der Waals surface area (Å²) in [6, 6.07) is 6.08. The Hall–Kier alpha value is -2.15. The molecule has 0 spiro atoms. The van der Waals surface area contributed by atoms with Crippen molar-refractivity contribution in [1.82, 2.24) is 10.2 Å². The van der Waals surface area contributed by atoms with E-state index in [2.05, 4.69) is 21.6 Å². The van der Waals surface area contributed by atoms with Gasteiger partial charge in [-0.15, -0.1) is 11.8 Å². The predicted octanol–water partition coefficient (Wildman–Crippen LogP) is 3.82. The highest BCUT2D eigenvalue weighted by atomic mass is 32.2. The first-order valence-electron chi connectivity index (χ1n) is 8.96. The molecule has 1 aromatic carbocycles. The summed E-state index contributed by atoms with van der Waals surface area (Å²) in [7, 11) is 1.67. The Kier molecular flexibility index (Phi) is 4.80. The second-order valence-electron chi connectivity index (χ2n) is 6.78. The first-order valence-corrected chi connectivity index (χ1v) is 10.0. The highest BCUT2D eigenvalue weighted by molar-refractivity contribution is 8.00. The quantitative estimate of drug-likeness (QED) is 0.852. The van der Waals surface area contributed by atoms with E-state index in [1.54, 1.807) is 18.9 Å². The number of hydrogen-bond acceptors (Lipinski definition) is 5. The standard InChI is InChI=1S/C19H23N3O3S/c1-11-17-18(26-10-16(23)20-19(17)22-21-11)12-7-8-14(15(9-12)24-2)25-13-5-3-4-6-13/h7-9,13,18H,3-6,10H2,1-2H3,(H2,20,21,22,23)/t18-/m1/s1. The van der Waals surface area contributed by atoms with Crippen LogP contribution in [-0.2, 0) is 4.79 Å². The lowest BCUT2D eigenvalue weighted by Gasteiger charge is -2.19. The molecule has 1 aliphatic carbocycles. The molecule has 1 aromatic heterocycles. The average Bonchev–Trinajstić information content (AvgIpc) is 3.23. The lowest BCUT2D eigenvalue weighted by molar-refractivity contribution is -0.113. The lowest BCUT2D eigenvalue weighted by Crippen LogP contribution is -2.12. The van der Waals surface area contributed by atoms with Crippen molar-refractivity contribution in [2.45, 2.75) is 44.0 Å². The number of H-pyrrole nitrogens is 1. The minimum absolute atomic E-state index is 0.0112. The molecule has 1 saturated carbocycles. The van der Waals surface area contributed by atoms with Gasteiger partial charge in [-0.3, -0.25) is 9.89 Å². The molecule has 0 saturated heterocycles. The molecule has 0 bridgehead atoms. The number of benzene rings is 1. The summed E-state index contributed by atoms with van der Waals surface area (Å²) in [5, 5.41) is 10.1. The molecule has 138 valence electrons. The van der Waals surface area contributed by atoms with Crippen LogP contribution in [0.3, 0.4) is 0 Å². The van der Waals surface area contributed by atoms with Crippen molar-refractivity contribution in [3.8, 4) is 11.5 Å². The van der Waals surface area contributed by atoms with Crippen molar-refractivity contribution in [2.24, 2.45) is 0 Å². The topological polar surface area (TPSA) is 76.2 Å². The lowest BCUT2D eigenvalue weighted by atomic mass is 10.0. The molecule has 1 amide bonds. The van der Waals surface area contributed by atoms with Crippen molar-refractivity contribution in [3.05, 3.63) is 35.0 Å². The van der Waals surface area contributed by atoms with Crippen LogP contribution in [0.25, 0.3) is 0 Å². The normalized spacial score (nSPS) is 20.4. The maximum atomic E-state index is 12.0. The Morgan fingerprint density at radius 1 is 1.23 bits per heavy atom. The predicted molar refractivity (Wildman–Crippen MR) is 102 cm³/mol. The Morgan fingerprint density at radius 2 is 2.04 bits per heavy atom. The number of hydrogen-bond donors (Lipinski definition) is 2. The van der Waals surface area contributed by atoms with Gasteiger partial charge in [0.2, 0.25) is 5.91 Å². The van der Waals surface area contributed by atoms with Gasteiger partial charge < -0.3 is 14.8 Å². The van der Waals surface area contributed by atoms with Crippen molar-refractivity contribution in [2.75, 3.05) is 18.2 Å². The SMILES string of the molecule is COc1cc([C@H]2SCC(=O)Nc3n[nH]c(C)c32)ccc1OC1CCCC1. The zero-order valence-electron chi connectivity index (χ0n) is 15.0. The fourth-order valence-electron chi connectivity index (χ4n) is 3.66. The van der Waals surface area contributed by atoms with E-state index in [1.165, 1.54) is 12.8 Å². The number of aromatic nitrogens is 2. The Bertz CT molecular complexity index is 814. The summed E-state index contributed by atoms with van der Waals surface area (Å²) in [5.74, 6) is 2.51. The number of ether oxygens (including phenoxy) is 2. The van der Waals surface area contributed by atoms with Crippen molar-refractivity contribution in [1.29, 1.82) is 0 Å². The molecule has 2 aromatic rings. The van der Waals surface area contributed by atoms with Crippen LogP contribution in [0.4, 0.5) is 5.82 Å². The zero-order chi connectivity index (χ0) is 18.1. The fraction of sp³-hybridized carbons (Fsp3) is 0.474. The van der Waals surface area contributed by atoms with Gasteiger partial charge in [0.25, 0.3) is 0 Å². The number of fused-ring (bicyclic) bond motifs is 1. The molecule has 1 atom stereocenters. The molecule has 2 heterocycles. The van der Waals surface area contributed by atoms with Gasteiger partial charge in [0, 0.05) is 11.3 Å². The largest absolute Gasteiger partial charge is 0.493 e. The first-order chi connectivity index (χ1) is 12.7. The fourth-order valence-corrected chi connectivity index (χ4v) is 4.84. The van der Waals surface area contributed by atoms with Crippen LogP contribution in [0, 0.1) is 6.92 Å². The third-order valence-corrected chi connectivity index (χ3v) is 6.25. The number of methoxy groups -OCH3 is 1. The number of amides is 1. The molecule has 1 fully saturated rings. The van der Waals surface area contributed by atoms with Crippen LogP contribution < -0.4 is 14.8 Å². The second kappa shape index (κ2) is 7.23. The summed E-state index contributed by atoms with van der Waals surface area (Å²) in [4.78, 5) is 12.0. The number of thioether (sulfide) groups is 1. The zero-order valence-corrected chi connectivity index (χ0v) is 15.8. The van der Waals surface area contributed by atoms with Crippen molar-refractivity contribution >= 4 is 23.5 Å². The molecule has 1 aliphatic heterocycles. The summed E-state index contributed by atoms with van der Waals surface area (Å²) in [6.07, 6.45) is 4.95. The molecule has 2 aliphatic rings. The van der Waals surface area contributed by atoms with Crippen molar-refractivity contribution in [3.63, 3.8) is 0 Å². The first kappa shape index (κ1) is 17.3. The van der Waals surface area contributed by atoms with Crippen LogP contribution in [0.5, 0.6) is 11.5 Å². The van der Waals surface area contributed by atoms with E-state index < -0.39 is 0 Å². The third-order valence-electron chi connectivity index (χ3n) is 4.98. The van der Waals surface area contributed by atoms with Crippen LogP contribution in [-0.4, -0.2) is 35.1 Å². The highest BCUT2D eigenvalue weighted by Gasteiger charge is 2.29. The van der Waals surface area contributed by atoms with E-state index in [0.29, 0.717) is 11.6 Å². The molecule has 26 heavy (non-hydrogen) atoms. The second-order valence-corrected chi connectivity index (χ2v) is 7.88. The van der Waals surface area contributed by atoms with Gasteiger partial charge in [0.15, 0.2) is 17.3 Å². The van der Waals surface area contributed by atoms with Crippen LogP contribution in [0.15, 0.2) is 18.2 Å². The number of rotatable bonds is 4. The summed E-state index contributed by atoms with van der Waals surface area (Å²) in [5.41, 5.74) is 3.06. The van der Waals surface area contributed by atoms with E-state index in [1.807, 2.05) is 19.1 Å². The van der Waals surface area contributed by atoms with E-state index in [4.69, 9.17) is 9.47 Å². The van der Waals surface area contributed by atoms with Crippen LogP contribution in [0.2, 0.25) is 0 Å². The Labute approximate surface area is 157 Å². The Morgan fingerprint density at radius 3 is 2.81 bits per heavy atom. The number of nitrogens with one attached hydrogen (secondary N) is 2. The van der Waals surface area contributed by atoms with Gasteiger partial charge in [-0.1, -0.05) is 6.07 Å². The maximum Gasteiger partial charge on any atom is 0.235 e. The Balaban J connectivity index is 1.66. The molecule has 4 rings (SSSR count). The van der Waals surface area contributed by atoms with Gasteiger partial charge in [0.1, 0.15) is 0 Å². The van der Waals surface area contributed by atoms with E-state index in [0.717, 1.165) is 41.2 Å². The molecular formula is C19H23N3O3S. The smallest absolute Gasteiger partial charge is 0.235 e. The van der Waals surface area contributed by atoms with Crippen molar-refractivity contribution < 1.29 is 14.3 Å². The number of aromatic amines is 1. The number of carbonyl (C=O) groups excluding carboxylic acids is 1.